The molecule has 0 saturated heterocycles. The molecule has 1 N–H and O–H groups in total. The fraction of sp³-hybridized carbons (Fsp3) is 0.438. The number of hydrogen-bond donors (Lipinski definition) is 1. The summed E-state index contributed by atoms with van der Waals surface area (Å²) >= 11 is 1.64. The predicted octanol–water partition coefficient (Wildman–Crippen LogP) is 4.18. The van der Waals surface area contributed by atoms with Crippen molar-refractivity contribution >= 4 is 11.3 Å². The van der Waals surface area contributed by atoms with Crippen LogP contribution < -0.4 is 5.32 Å². The van der Waals surface area contributed by atoms with Crippen LogP contribution in [-0.2, 0) is 6.42 Å². The average Bonchev–Trinajstić information content (AvgIpc) is 2.83. The summed E-state index contributed by atoms with van der Waals surface area (Å²) in [6.07, 6.45) is 1.76. The number of hydrogen-bond acceptors (Lipinski definition) is 3. The molecule has 0 radical (unpaired) electrons. The van der Waals surface area contributed by atoms with Crippen LogP contribution in [0.4, 0.5) is 4.39 Å². The number of thiazole rings is 1. The first kappa shape index (κ1) is 15.1. The van der Waals surface area contributed by atoms with Gasteiger partial charge in [-0.05, 0) is 32.4 Å². The van der Waals surface area contributed by atoms with Crippen LogP contribution in [0.25, 0.3) is 0 Å². The lowest BCUT2D eigenvalue weighted by atomic mass is 10.0. The molecular weight excluding hydrogens is 271 g/mol. The van der Waals surface area contributed by atoms with Gasteiger partial charge in [0.2, 0.25) is 0 Å². The van der Waals surface area contributed by atoms with Gasteiger partial charge < -0.3 is 5.32 Å². The van der Waals surface area contributed by atoms with Crippen molar-refractivity contribution in [3.63, 3.8) is 0 Å². The maximum absolute atomic E-state index is 14.3. The van der Waals surface area contributed by atoms with Crippen molar-refractivity contribution < 1.29 is 4.39 Å². The highest BCUT2D eigenvalue weighted by molar-refractivity contribution is 7.09. The molecule has 2 rings (SSSR count). The van der Waals surface area contributed by atoms with Crippen LogP contribution >= 0.6 is 11.3 Å². The first-order valence-electron chi connectivity index (χ1n) is 7.01. The van der Waals surface area contributed by atoms with Gasteiger partial charge in [0.15, 0.2) is 0 Å². The third-order valence-electron chi connectivity index (χ3n) is 3.28. The Hall–Kier alpha value is -1.26. The molecule has 20 heavy (non-hydrogen) atoms. The number of nitrogens with zero attached hydrogens (tertiary/aromatic N) is 1. The molecule has 1 aromatic heterocycles. The van der Waals surface area contributed by atoms with E-state index >= 15 is 0 Å². The Morgan fingerprint density at radius 3 is 2.80 bits per heavy atom. The molecule has 0 aliphatic carbocycles. The van der Waals surface area contributed by atoms with Crippen LogP contribution in [-0.4, -0.2) is 11.5 Å². The second-order valence-corrected chi connectivity index (χ2v) is 6.01. The zero-order chi connectivity index (χ0) is 14.5. The minimum Gasteiger partial charge on any atom is -0.309 e. The molecule has 4 heteroatoms. The van der Waals surface area contributed by atoms with Gasteiger partial charge in [0.1, 0.15) is 5.82 Å². The molecule has 108 valence electrons. The molecule has 2 aromatic rings. The highest BCUT2D eigenvalue weighted by Crippen LogP contribution is 2.24. The van der Waals surface area contributed by atoms with E-state index in [1.54, 1.807) is 11.3 Å². The molecule has 1 aromatic carbocycles. The van der Waals surface area contributed by atoms with E-state index in [2.05, 4.69) is 17.2 Å². The summed E-state index contributed by atoms with van der Waals surface area (Å²) < 4.78 is 14.3. The monoisotopic (exact) mass is 292 g/mol. The van der Waals surface area contributed by atoms with Crippen LogP contribution in [0.3, 0.4) is 0 Å². The normalized spacial score (nSPS) is 12.6. The predicted molar refractivity (Wildman–Crippen MR) is 82.7 cm³/mol. The SMILES string of the molecule is CCCNC(Cc1nc(C)cs1)c1cccc(C)c1F. The van der Waals surface area contributed by atoms with Crippen molar-refractivity contribution in [1.82, 2.24) is 10.3 Å². The summed E-state index contributed by atoms with van der Waals surface area (Å²) in [6.45, 7) is 6.79. The molecule has 0 aliphatic rings. The number of nitrogens with one attached hydrogen (secondary N) is 1. The zero-order valence-electron chi connectivity index (χ0n) is 12.2. The van der Waals surface area contributed by atoms with Gasteiger partial charge in [-0.1, -0.05) is 25.1 Å². The summed E-state index contributed by atoms with van der Waals surface area (Å²) in [4.78, 5) is 4.49. The fourth-order valence-electron chi connectivity index (χ4n) is 2.22. The lowest BCUT2D eigenvalue weighted by molar-refractivity contribution is 0.494. The van der Waals surface area contributed by atoms with Crippen LogP contribution in [0.15, 0.2) is 23.6 Å². The van der Waals surface area contributed by atoms with Gasteiger partial charge in [-0.25, -0.2) is 9.37 Å². The summed E-state index contributed by atoms with van der Waals surface area (Å²) in [5.74, 6) is -0.102. The Labute approximate surface area is 124 Å². The summed E-state index contributed by atoms with van der Waals surface area (Å²) in [5.41, 5.74) is 2.47. The van der Waals surface area contributed by atoms with Crippen LogP contribution in [0, 0.1) is 19.7 Å². The van der Waals surface area contributed by atoms with E-state index in [4.69, 9.17) is 0 Å². The molecule has 0 saturated carbocycles. The topological polar surface area (TPSA) is 24.9 Å². The molecule has 0 aliphatic heterocycles. The lowest BCUT2D eigenvalue weighted by Crippen LogP contribution is -2.25. The van der Waals surface area contributed by atoms with Gasteiger partial charge in [-0.3, -0.25) is 0 Å². The van der Waals surface area contributed by atoms with E-state index in [0.717, 1.165) is 35.7 Å². The van der Waals surface area contributed by atoms with Crippen LogP contribution in [0.2, 0.25) is 0 Å². The van der Waals surface area contributed by atoms with Gasteiger partial charge >= 0.3 is 0 Å². The Kier molecular flexibility index (Phi) is 5.26. The second-order valence-electron chi connectivity index (χ2n) is 5.07. The fourth-order valence-corrected chi connectivity index (χ4v) is 3.04. The van der Waals surface area contributed by atoms with E-state index < -0.39 is 0 Å². The Morgan fingerprint density at radius 1 is 1.35 bits per heavy atom. The first-order chi connectivity index (χ1) is 9.61. The highest BCUT2D eigenvalue weighted by Gasteiger charge is 2.18. The average molecular weight is 292 g/mol. The van der Waals surface area contributed by atoms with Crippen molar-refractivity contribution in [1.29, 1.82) is 0 Å². The van der Waals surface area contributed by atoms with Crippen molar-refractivity contribution in [2.45, 2.75) is 39.7 Å². The minimum atomic E-state index is -0.102. The third-order valence-corrected chi connectivity index (χ3v) is 4.27. The Morgan fingerprint density at radius 2 is 2.15 bits per heavy atom. The number of aryl methyl sites for hydroxylation is 2. The van der Waals surface area contributed by atoms with E-state index in [0.29, 0.717) is 5.56 Å². The molecule has 0 spiro atoms. The van der Waals surface area contributed by atoms with Gasteiger partial charge in [0, 0.05) is 29.1 Å². The van der Waals surface area contributed by atoms with Gasteiger partial charge in [0.05, 0.1) is 5.01 Å². The molecular formula is C16H21FN2S. The Bertz CT molecular complexity index is 565. The van der Waals surface area contributed by atoms with E-state index in [1.165, 1.54) is 0 Å². The summed E-state index contributed by atoms with van der Waals surface area (Å²) in [6, 6.07) is 5.58. The van der Waals surface area contributed by atoms with Crippen molar-refractivity contribution in [3.8, 4) is 0 Å². The molecule has 1 unspecified atom stereocenters. The lowest BCUT2D eigenvalue weighted by Gasteiger charge is -2.19. The molecule has 0 fully saturated rings. The molecule has 0 bridgehead atoms. The maximum Gasteiger partial charge on any atom is 0.130 e. The molecule has 1 atom stereocenters. The van der Waals surface area contributed by atoms with Crippen LogP contribution in [0.5, 0.6) is 0 Å². The highest BCUT2D eigenvalue weighted by atomic mass is 32.1. The molecule has 0 amide bonds. The third kappa shape index (κ3) is 3.64. The van der Waals surface area contributed by atoms with Gasteiger partial charge in [-0.15, -0.1) is 11.3 Å². The summed E-state index contributed by atoms with van der Waals surface area (Å²) in [7, 11) is 0. The van der Waals surface area contributed by atoms with Crippen molar-refractivity contribution in [2.75, 3.05) is 6.54 Å². The Balaban J connectivity index is 2.24. The standard InChI is InChI=1S/C16H21FN2S/c1-4-8-18-14(9-15-19-12(3)10-20-15)13-7-5-6-11(2)16(13)17/h5-7,10,14,18H,4,8-9H2,1-3H3. The first-order valence-corrected chi connectivity index (χ1v) is 7.89. The number of benzene rings is 1. The zero-order valence-corrected chi connectivity index (χ0v) is 13.1. The number of rotatable bonds is 6. The summed E-state index contributed by atoms with van der Waals surface area (Å²) in [5, 5.41) is 6.53. The second kappa shape index (κ2) is 6.95. The molecule has 1 heterocycles. The number of aromatic nitrogens is 1. The van der Waals surface area contributed by atoms with E-state index in [9.17, 15) is 4.39 Å². The van der Waals surface area contributed by atoms with E-state index in [-0.39, 0.29) is 11.9 Å². The van der Waals surface area contributed by atoms with Gasteiger partial charge in [0.25, 0.3) is 0 Å². The largest absolute Gasteiger partial charge is 0.309 e. The van der Waals surface area contributed by atoms with Gasteiger partial charge in [-0.2, -0.15) is 0 Å². The van der Waals surface area contributed by atoms with Crippen LogP contribution in [0.1, 0.15) is 41.2 Å². The minimum absolute atomic E-state index is 0.0135. The van der Waals surface area contributed by atoms with Crippen molar-refractivity contribution in [2.24, 2.45) is 0 Å². The van der Waals surface area contributed by atoms with Crippen molar-refractivity contribution in [3.05, 3.63) is 51.2 Å². The molecule has 2 nitrogen and oxygen atoms in total. The quantitative estimate of drug-likeness (QED) is 0.864. The maximum atomic E-state index is 14.3. The van der Waals surface area contributed by atoms with E-state index in [1.807, 2.05) is 37.4 Å². The smallest absolute Gasteiger partial charge is 0.130 e. The number of halogens is 1.